The third-order valence-corrected chi connectivity index (χ3v) is 5.64. The lowest BCUT2D eigenvalue weighted by Crippen LogP contribution is -2.38. The number of rotatable bonds is 0. The van der Waals surface area contributed by atoms with Gasteiger partial charge >= 0.3 is 0 Å². The standard InChI is InChI=1S/C16H14N2OS/c1-3-18-8-11-7-15-13(17-9-19-15)5-10(11)6-14(18)12-2-4-20-16(1)12/h2,4-5,7,9,14H,1,3,6,8H2. The van der Waals surface area contributed by atoms with E-state index in [0.717, 1.165) is 24.1 Å². The van der Waals surface area contributed by atoms with Crippen LogP contribution >= 0.6 is 11.3 Å². The average Bonchev–Trinajstić information content (AvgIpc) is 3.10. The van der Waals surface area contributed by atoms with Gasteiger partial charge in [-0.3, -0.25) is 4.90 Å². The number of aromatic nitrogens is 1. The number of fused-ring (bicyclic) bond motifs is 5. The van der Waals surface area contributed by atoms with E-state index in [9.17, 15) is 0 Å². The maximum absolute atomic E-state index is 5.44. The molecule has 0 saturated carbocycles. The van der Waals surface area contributed by atoms with E-state index < -0.39 is 0 Å². The second kappa shape index (κ2) is 3.93. The Balaban J connectivity index is 1.64. The molecule has 0 aliphatic carbocycles. The van der Waals surface area contributed by atoms with Crippen molar-refractivity contribution < 1.29 is 4.42 Å². The van der Waals surface area contributed by atoms with Gasteiger partial charge in [0.2, 0.25) is 0 Å². The molecule has 4 heterocycles. The lowest BCUT2D eigenvalue weighted by molar-refractivity contribution is 0.162. The number of hydrogen-bond acceptors (Lipinski definition) is 4. The van der Waals surface area contributed by atoms with Gasteiger partial charge in [0.05, 0.1) is 0 Å². The van der Waals surface area contributed by atoms with Crippen LogP contribution in [0.3, 0.4) is 0 Å². The fourth-order valence-corrected chi connectivity index (χ4v) is 4.56. The monoisotopic (exact) mass is 282 g/mol. The van der Waals surface area contributed by atoms with Crippen LogP contribution in [0.2, 0.25) is 0 Å². The van der Waals surface area contributed by atoms with Crippen molar-refractivity contribution in [2.45, 2.75) is 25.4 Å². The third-order valence-electron chi connectivity index (χ3n) is 4.65. The van der Waals surface area contributed by atoms with E-state index in [4.69, 9.17) is 4.42 Å². The predicted octanol–water partition coefficient (Wildman–Crippen LogP) is 3.54. The van der Waals surface area contributed by atoms with E-state index in [2.05, 4.69) is 33.5 Å². The van der Waals surface area contributed by atoms with E-state index in [1.54, 1.807) is 16.8 Å². The Bertz CT molecular complexity index is 804. The van der Waals surface area contributed by atoms with Gasteiger partial charge < -0.3 is 4.42 Å². The Morgan fingerprint density at radius 2 is 2.30 bits per heavy atom. The van der Waals surface area contributed by atoms with Crippen molar-refractivity contribution in [1.82, 2.24) is 9.88 Å². The molecule has 4 heteroatoms. The smallest absolute Gasteiger partial charge is 0.181 e. The second-order valence-electron chi connectivity index (χ2n) is 5.68. The summed E-state index contributed by atoms with van der Waals surface area (Å²) >= 11 is 1.91. The van der Waals surface area contributed by atoms with Crippen LogP contribution in [0.4, 0.5) is 0 Å². The first-order chi connectivity index (χ1) is 9.88. The van der Waals surface area contributed by atoms with Crippen molar-refractivity contribution in [1.29, 1.82) is 0 Å². The number of hydrogen-bond donors (Lipinski definition) is 0. The minimum atomic E-state index is 0.557. The molecule has 0 bridgehead atoms. The topological polar surface area (TPSA) is 29.3 Å². The van der Waals surface area contributed by atoms with Crippen LogP contribution in [0.25, 0.3) is 11.1 Å². The highest BCUT2D eigenvalue weighted by Crippen LogP contribution is 2.40. The Morgan fingerprint density at radius 1 is 1.30 bits per heavy atom. The van der Waals surface area contributed by atoms with E-state index in [1.807, 2.05) is 11.3 Å². The summed E-state index contributed by atoms with van der Waals surface area (Å²) in [4.78, 5) is 8.48. The maximum Gasteiger partial charge on any atom is 0.181 e. The third kappa shape index (κ3) is 1.46. The molecule has 0 fully saturated rings. The SMILES string of the molecule is c1nc2cc3c(cc2o1)CN1CCc2sccc2C1C3. The molecule has 100 valence electrons. The van der Waals surface area contributed by atoms with Crippen molar-refractivity contribution in [3.8, 4) is 0 Å². The molecule has 5 rings (SSSR count). The van der Waals surface area contributed by atoms with E-state index in [0.29, 0.717) is 6.04 Å². The van der Waals surface area contributed by atoms with Gasteiger partial charge in [-0.15, -0.1) is 11.3 Å². The normalized spacial score (nSPS) is 21.5. The lowest BCUT2D eigenvalue weighted by Gasteiger charge is -2.40. The quantitative estimate of drug-likeness (QED) is 0.631. The van der Waals surface area contributed by atoms with Crippen molar-refractivity contribution >= 4 is 22.4 Å². The fourth-order valence-electron chi connectivity index (χ4n) is 3.63. The maximum atomic E-state index is 5.44. The molecule has 1 unspecified atom stereocenters. The Labute approximate surface area is 120 Å². The average molecular weight is 282 g/mol. The van der Waals surface area contributed by atoms with Crippen LogP contribution < -0.4 is 0 Å². The van der Waals surface area contributed by atoms with Crippen molar-refractivity contribution in [3.63, 3.8) is 0 Å². The lowest BCUT2D eigenvalue weighted by atomic mass is 9.87. The highest BCUT2D eigenvalue weighted by Gasteiger charge is 2.32. The van der Waals surface area contributed by atoms with Crippen LogP contribution in [0.5, 0.6) is 0 Å². The van der Waals surface area contributed by atoms with Gasteiger partial charge in [-0.05, 0) is 53.1 Å². The molecule has 0 radical (unpaired) electrons. The largest absolute Gasteiger partial charge is 0.443 e. The zero-order chi connectivity index (χ0) is 13.1. The van der Waals surface area contributed by atoms with Crippen LogP contribution in [0.1, 0.15) is 27.6 Å². The molecular formula is C16H14N2OS. The molecule has 3 aromatic rings. The van der Waals surface area contributed by atoms with Gasteiger partial charge in [-0.2, -0.15) is 0 Å². The summed E-state index contributed by atoms with van der Waals surface area (Å²) in [6.45, 7) is 2.21. The van der Waals surface area contributed by atoms with Gasteiger partial charge in [0.15, 0.2) is 12.0 Å². The van der Waals surface area contributed by atoms with E-state index >= 15 is 0 Å². The van der Waals surface area contributed by atoms with Gasteiger partial charge in [0.25, 0.3) is 0 Å². The molecular weight excluding hydrogens is 268 g/mol. The zero-order valence-corrected chi connectivity index (χ0v) is 11.8. The molecule has 2 aliphatic heterocycles. The molecule has 2 aromatic heterocycles. The summed E-state index contributed by atoms with van der Waals surface area (Å²) in [5.41, 5.74) is 6.29. The Kier molecular flexibility index (Phi) is 2.17. The van der Waals surface area contributed by atoms with E-state index in [1.165, 1.54) is 24.1 Å². The van der Waals surface area contributed by atoms with Gasteiger partial charge in [-0.25, -0.2) is 4.98 Å². The van der Waals surface area contributed by atoms with Crippen LogP contribution in [-0.4, -0.2) is 16.4 Å². The zero-order valence-electron chi connectivity index (χ0n) is 11.0. The summed E-state index contributed by atoms with van der Waals surface area (Å²) < 4.78 is 5.44. The molecule has 2 aliphatic rings. The molecule has 1 atom stereocenters. The highest BCUT2D eigenvalue weighted by atomic mass is 32.1. The second-order valence-corrected chi connectivity index (χ2v) is 6.68. The van der Waals surface area contributed by atoms with Gasteiger partial charge in [-0.1, -0.05) is 0 Å². The first-order valence-corrected chi connectivity index (χ1v) is 7.92. The highest BCUT2D eigenvalue weighted by molar-refractivity contribution is 7.10. The van der Waals surface area contributed by atoms with Crippen molar-refractivity contribution in [2.24, 2.45) is 0 Å². The molecule has 0 amide bonds. The molecule has 20 heavy (non-hydrogen) atoms. The van der Waals surface area contributed by atoms with Gasteiger partial charge in [0.1, 0.15) is 5.52 Å². The first-order valence-electron chi connectivity index (χ1n) is 7.04. The van der Waals surface area contributed by atoms with Gasteiger partial charge in [0, 0.05) is 24.0 Å². The van der Waals surface area contributed by atoms with Crippen molar-refractivity contribution in [2.75, 3.05) is 6.54 Å². The summed E-state index contributed by atoms with van der Waals surface area (Å²) in [6.07, 6.45) is 3.84. The minimum absolute atomic E-state index is 0.557. The number of thiophene rings is 1. The fraction of sp³-hybridized carbons (Fsp3) is 0.312. The van der Waals surface area contributed by atoms with Crippen LogP contribution in [0, 0.1) is 0 Å². The number of benzene rings is 1. The van der Waals surface area contributed by atoms with Crippen LogP contribution in [-0.2, 0) is 19.4 Å². The summed E-state index contributed by atoms with van der Waals surface area (Å²) in [5, 5.41) is 2.24. The molecule has 0 spiro atoms. The summed E-state index contributed by atoms with van der Waals surface area (Å²) in [5.74, 6) is 0. The minimum Gasteiger partial charge on any atom is -0.443 e. The molecule has 0 N–H and O–H groups in total. The van der Waals surface area contributed by atoms with Crippen molar-refractivity contribution in [3.05, 3.63) is 51.5 Å². The van der Waals surface area contributed by atoms with Crippen LogP contribution in [0.15, 0.2) is 34.4 Å². The molecule has 3 nitrogen and oxygen atoms in total. The number of oxazole rings is 1. The Hall–Kier alpha value is -1.65. The predicted molar refractivity (Wildman–Crippen MR) is 78.9 cm³/mol. The number of nitrogens with zero attached hydrogens (tertiary/aromatic N) is 2. The first kappa shape index (κ1) is 11.1. The summed E-state index contributed by atoms with van der Waals surface area (Å²) in [7, 11) is 0. The Morgan fingerprint density at radius 3 is 3.30 bits per heavy atom. The molecule has 1 aromatic carbocycles. The summed E-state index contributed by atoms with van der Waals surface area (Å²) in [6, 6.07) is 7.27. The molecule has 0 saturated heterocycles. The van der Waals surface area contributed by atoms with E-state index in [-0.39, 0.29) is 0 Å².